The van der Waals surface area contributed by atoms with Crippen LogP contribution < -0.4 is 5.32 Å². The van der Waals surface area contributed by atoms with Crippen molar-refractivity contribution in [3.63, 3.8) is 0 Å². The van der Waals surface area contributed by atoms with E-state index in [1.165, 1.54) is 42.7 Å². The lowest BCUT2D eigenvalue weighted by molar-refractivity contribution is 0.0631. The summed E-state index contributed by atoms with van der Waals surface area (Å²) < 4.78 is 19.1. The van der Waals surface area contributed by atoms with Crippen molar-refractivity contribution in [3.8, 4) is 6.07 Å². The van der Waals surface area contributed by atoms with E-state index in [4.69, 9.17) is 4.42 Å². The second kappa shape index (κ2) is 7.64. The molecule has 3 amide bonds. The van der Waals surface area contributed by atoms with E-state index in [1.54, 1.807) is 18.2 Å². The summed E-state index contributed by atoms with van der Waals surface area (Å²) in [5.41, 5.74) is 0.365. The average molecular weight is 403 g/mol. The summed E-state index contributed by atoms with van der Waals surface area (Å²) in [6, 6.07) is 13.6. The van der Waals surface area contributed by atoms with Crippen molar-refractivity contribution >= 4 is 17.7 Å². The molecule has 0 saturated carbocycles. The molecule has 2 aromatic carbocycles. The largest absolute Gasteiger partial charge is 0.467 e. The summed E-state index contributed by atoms with van der Waals surface area (Å²) in [5, 5.41) is 11.8. The second-order valence-corrected chi connectivity index (χ2v) is 6.59. The fourth-order valence-electron chi connectivity index (χ4n) is 3.24. The van der Waals surface area contributed by atoms with E-state index in [0.29, 0.717) is 5.76 Å². The third-order valence-electron chi connectivity index (χ3n) is 4.75. The first-order chi connectivity index (χ1) is 14.5. The van der Waals surface area contributed by atoms with Crippen LogP contribution in [-0.2, 0) is 6.54 Å². The highest BCUT2D eigenvalue weighted by Gasteiger charge is 2.36. The number of hydrogen-bond donors (Lipinski definition) is 1. The van der Waals surface area contributed by atoms with E-state index in [2.05, 4.69) is 5.32 Å². The van der Waals surface area contributed by atoms with Gasteiger partial charge in [-0.15, -0.1) is 0 Å². The van der Waals surface area contributed by atoms with E-state index >= 15 is 0 Å². The number of fused-ring (bicyclic) bond motifs is 1. The molecule has 1 atom stereocenters. The van der Waals surface area contributed by atoms with E-state index in [-0.39, 0.29) is 28.8 Å². The minimum absolute atomic E-state index is 0.0231. The molecule has 1 aromatic heterocycles. The molecule has 1 unspecified atom stereocenters. The summed E-state index contributed by atoms with van der Waals surface area (Å²) in [6.07, 6.45) is 1.44. The van der Waals surface area contributed by atoms with Gasteiger partial charge in [0, 0.05) is 11.1 Å². The second-order valence-electron chi connectivity index (χ2n) is 6.59. The molecule has 7 nitrogen and oxygen atoms in total. The summed E-state index contributed by atoms with van der Waals surface area (Å²) in [5.74, 6) is -1.87. The number of nitrogens with zero attached hydrogens (tertiary/aromatic N) is 2. The van der Waals surface area contributed by atoms with Crippen LogP contribution in [0.15, 0.2) is 65.3 Å². The zero-order valence-electron chi connectivity index (χ0n) is 15.5. The van der Waals surface area contributed by atoms with Gasteiger partial charge in [-0.25, -0.2) is 4.39 Å². The van der Waals surface area contributed by atoms with Crippen molar-refractivity contribution in [2.45, 2.75) is 12.6 Å². The Labute approximate surface area is 170 Å². The molecule has 148 valence electrons. The molecule has 0 saturated heterocycles. The van der Waals surface area contributed by atoms with Gasteiger partial charge in [0.25, 0.3) is 17.7 Å². The lowest BCUT2D eigenvalue weighted by Gasteiger charge is -2.13. The number of carbonyl (C=O) groups is 3. The molecule has 0 radical (unpaired) electrons. The van der Waals surface area contributed by atoms with Gasteiger partial charge >= 0.3 is 0 Å². The van der Waals surface area contributed by atoms with Crippen molar-refractivity contribution in [1.29, 1.82) is 5.26 Å². The van der Waals surface area contributed by atoms with Crippen LogP contribution in [-0.4, -0.2) is 22.6 Å². The lowest BCUT2D eigenvalue weighted by Crippen LogP contribution is -2.29. The van der Waals surface area contributed by atoms with E-state index in [1.807, 2.05) is 6.07 Å². The number of imide groups is 1. The number of amides is 3. The van der Waals surface area contributed by atoms with Gasteiger partial charge < -0.3 is 9.73 Å². The number of halogens is 1. The first-order valence-electron chi connectivity index (χ1n) is 8.97. The maximum absolute atomic E-state index is 14.0. The van der Waals surface area contributed by atoms with Gasteiger partial charge in [-0.1, -0.05) is 18.2 Å². The number of hydrogen-bond acceptors (Lipinski definition) is 5. The van der Waals surface area contributed by atoms with Crippen LogP contribution in [0.25, 0.3) is 0 Å². The molecular weight excluding hydrogens is 389 g/mol. The Kier molecular flexibility index (Phi) is 4.86. The van der Waals surface area contributed by atoms with Gasteiger partial charge in [-0.2, -0.15) is 5.26 Å². The summed E-state index contributed by atoms with van der Waals surface area (Å²) in [6.45, 7) is -0.0231. The first-order valence-corrected chi connectivity index (χ1v) is 8.97. The Hall–Kier alpha value is -4.25. The van der Waals surface area contributed by atoms with Crippen LogP contribution in [0.4, 0.5) is 4.39 Å². The first kappa shape index (κ1) is 19.1. The smallest absolute Gasteiger partial charge is 0.261 e. The summed E-state index contributed by atoms with van der Waals surface area (Å²) in [7, 11) is 0. The molecular formula is C22H14FN3O4. The zero-order valence-corrected chi connectivity index (χ0v) is 15.5. The number of carbonyl (C=O) groups excluding carboxylic acids is 3. The van der Waals surface area contributed by atoms with Crippen molar-refractivity contribution in [3.05, 3.63) is 94.7 Å². The maximum atomic E-state index is 14.0. The third-order valence-corrected chi connectivity index (χ3v) is 4.75. The van der Waals surface area contributed by atoms with Crippen LogP contribution in [0.1, 0.15) is 48.4 Å². The molecule has 3 aromatic rings. The highest BCUT2D eigenvalue weighted by molar-refractivity contribution is 6.22. The van der Waals surface area contributed by atoms with E-state index in [0.717, 1.165) is 4.90 Å². The van der Waals surface area contributed by atoms with Gasteiger partial charge in [-0.3, -0.25) is 19.3 Å². The number of rotatable bonds is 5. The summed E-state index contributed by atoms with van der Waals surface area (Å²) >= 11 is 0. The minimum atomic E-state index is -1.21. The van der Waals surface area contributed by atoms with Crippen LogP contribution in [0.5, 0.6) is 0 Å². The normalized spacial score (nSPS) is 13.7. The standard InChI is InChI=1S/C22H14FN3O4/c23-18-6-2-1-5-16(18)19(11-24)25-20(27)13-7-8-15-17(10-13)22(29)26(21(15)28)12-14-4-3-9-30-14/h1-10,19H,12H2,(H,25,27). The van der Waals surface area contributed by atoms with Gasteiger partial charge in [-0.05, 0) is 36.4 Å². The molecule has 2 heterocycles. The number of nitrogens with one attached hydrogen (secondary N) is 1. The molecule has 4 rings (SSSR count). The highest BCUT2D eigenvalue weighted by atomic mass is 19.1. The van der Waals surface area contributed by atoms with Crippen molar-refractivity contribution in [2.75, 3.05) is 0 Å². The number of benzene rings is 2. The molecule has 1 N–H and O–H groups in total. The van der Waals surface area contributed by atoms with Crippen LogP contribution >= 0.6 is 0 Å². The maximum Gasteiger partial charge on any atom is 0.261 e. The molecule has 0 spiro atoms. The van der Waals surface area contributed by atoms with Gasteiger partial charge in [0.15, 0.2) is 0 Å². The SMILES string of the molecule is N#CC(NC(=O)c1ccc2c(c1)C(=O)N(Cc1ccco1)C2=O)c1ccccc1F. The Balaban J connectivity index is 1.56. The predicted molar refractivity (Wildman–Crippen MR) is 102 cm³/mol. The molecule has 0 bridgehead atoms. The molecule has 8 heteroatoms. The summed E-state index contributed by atoms with van der Waals surface area (Å²) in [4.78, 5) is 38.9. The lowest BCUT2D eigenvalue weighted by atomic mass is 10.0. The van der Waals surface area contributed by atoms with Gasteiger partial charge in [0.05, 0.1) is 30.0 Å². The Morgan fingerprint density at radius 3 is 2.57 bits per heavy atom. The number of furan rings is 1. The predicted octanol–water partition coefficient (Wildman–Crippen LogP) is 3.21. The average Bonchev–Trinajstić information content (AvgIpc) is 3.35. The fraction of sp³-hybridized carbons (Fsp3) is 0.0909. The Morgan fingerprint density at radius 2 is 1.87 bits per heavy atom. The third kappa shape index (κ3) is 3.33. The fourth-order valence-corrected chi connectivity index (χ4v) is 3.24. The van der Waals surface area contributed by atoms with E-state index < -0.39 is 29.6 Å². The van der Waals surface area contributed by atoms with Crippen molar-refractivity contribution < 1.29 is 23.2 Å². The molecule has 1 aliphatic rings. The minimum Gasteiger partial charge on any atom is -0.467 e. The highest BCUT2D eigenvalue weighted by Crippen LogP contribution is 2.26. The van der Waals surface area contributed by atoms with Crippen molar-refractivity contribution in [2.24, 2.45) is 0 Å². The van der Waals surface area contributed by atoms with Gasteiger partial charge in [0.2, 0.25) is 0 Å². The number of nitriles is 1. The quantitative estimate of drug-likeness (QED) is 0.659. The zero-order chi connectivity index (χ0) is 21.3. The molecule has 1 aliphatic heterocycles. The Morgan fingerprint density at radius 1 is 1.10 bits per heavy atom. The van der Waals surface area contributed by atoms with Crippen LogP contribution in [0, 0.1) is 17.1 Å². The van der Waals surface area contributed by atoms with Gasteiger partial charge in [0.1, 0.15) is 17.6 Å². The van der Waals surface area contributed by atoms with Crippen molar-refractivity contribution in [1.82, 2.24) is 10.2 Å². The Bertz CT molecular complexity index is 1200. The van der Waals surface area contributed by atoms with Crippen LogP contribution in [0.2, 0.25) is 0 Å². The molecule has 0 aliphatic carbocycles. The van der Waals surface area contributed by atoms with E-state index in [9.17, 15) is 24.0 Å². The molecule has 0 fully saturated rings. The van der Waals surface area contributed by atoms with Crippen LogP contribution in [0.3, 0.4) is 0 Å². The molecule has 30 heavy (non-hydrogen) atoms. The monoisotopic (exact) mass is 403 g/mol. The topological polar surface area (TPSA) is 103 Å².